The minimum Gasteiger partial charge on any atom is -0.381 e. The minimum absolute atomic E-state index is 0.0150. The Morgan fingerprint density at radius 1 is 1.53 bits per heavy atom. The fraction of sp³-hybridized carbons (Fsp3) is 0.643. The predicted molar refractivity (Wildman–Crippen MR) is 78.4 cm³/mol. The molecule has 19 heavy (non-hydrogen) atoms. The van der Waals surface area contributed by atoms with Crippen molar-refractivity contribution in [1.82, 2.24) is 9.88 Å². The van der Waals surface area contributed by atoms with Crippen molar-refractivity contribution in [2.24, 2.45) is 5.92 Å². The van der Waals surface area contributed by atoms with Gasteiger partial charge < -0.3 is 14.6 Å². The van der Waals surface area contributed by atoms with E-state index < -0.39 is 0 Å². The maximum atomic E-state index is 12.4. The molecule has 1 aliphatic rings. The molecule has 4 nitrogen and oxygen atoms in total. The topological polar surface area (TPSA) is 43.3 Å². The summed E-state index contributed by atoms with van der Waals surface area (Å²) in [7, 11) is 0. The van der Waals surface area contributed by atoms with Crippen LogP contribution in [0.1, 0.15) is 43.7 Å². The van der Waals surface area contributed by atoms with E-state index in [1.54, 1.807) is 0 Å². The second-order valence-electron chi connectivity index (χ2n) is 5.43. The molecule has 1 aliphatic heterocycles. The molecular formula is C14H21BrN2O2. The molecule has 1 amide bonds. The predicted octanol–water partition coefficient (Wildman–Crippen LogP) is 2.99. The average molecular weight is 329 g/mol. The average Bonchev–Trinajstić information content (AvgIpc) is 2.96. The first-order valence-electron chi connectivity index (χ1n) is 6.75. The first-order chi connectivity index (χ1) is 8.99. The quantitative estimate of drug-likeness (QED) is 0.923. The van der Waals surface area contributed by atoms with Gasteiger partial charge in [0.15, 0.2) is 0 Å². The molecule has 1 fully saturated rings. The van der Waals surface area contributed by atoms with Crippen molar-refractivity contribution in [3.8, 4) is 0 Å². The number of amides is 1. The van der Waals surface area contributed by atoms with Crippen molar-refractivity contribution in [3.05, 3.63) is 22.4 Å². The molecule has 0 spiro atoms. The Labute approximate surface area is 122 Å². The van der Waals surface area contributed by atoms with Crippen LogP contribution in [0.15, 0.2) is 16.7 Å². The van der Waals surface area contributed by atoms with Crippen LogP contribution in [0, 0.1) is 5.92 Å². The lowest BCUT2D eigenvalue weighted by Crippen LogP contribution is -2.39. The number of carbonyl (C=O) groups is 1. The molecule has 0 radical (unpaired) electrons. The van der Waals surface area contributed by atoms with Crippen molar-refractivity contribution in [1.29, 1.82) is 0 Å². The van der Waals surface area contributed by atoms with Gasteiger partial charge in [-0.25, -0.2) is 0 Å². The molecule has 0 saturated carbocycles. The van der Waals surface area contributed by atoms with Gasteiger partial charge in [-0.1, -0.05) is 0 Å². The van der Waals surface area contributed by atoms with E-state index in [9.17, 15) is 4.79 Å². The fourth-order valence-electron chi connectivity index (χ4n) is 2.40. The first kappa shape index (κ1) is 14.6. The van der Waals surface area contributed by atoms with Gasteiger partial charge in [-0.15, -0.1) is 0 Å². The lowest BCUT2D eigenvalue weighted by Gasteiger charge is -2.20. The zero-order valence-corrected chi connectivity index (χ0v) is 13.2. The normalized spacial score (nSPS) is 20.8. The summed E-state index contributed by atoms with van der Waals surface area (Å²) in [6.45, 7) is 7.74. The third-order valence-corrected chi connectivity index (χ3v) is 4.07. The Bertz CT molecular complexity index is 450. The van der Waals surface area contributed by atoms with Crippen molar-refractivity contribution < 1.29 is 9.53 Å². The molecule has 0 bridgehead atoms. The number of hydrogen-bond donors (Lipinski definition) is 1. The minimum atomic E-state index is -0.0150. The van der Waals surface area contributed by atoms with Crippen LogP contribution in [0.5, 0.6) is 0 Å². The summed E-state index contributed by atoms with van der Waals surface area (Å²) in [5.41, 5.74) is 0.702. The Kier molecular flexibility index (Phi) is 4.68. The smallest absolute Gasteiger partial charge is 0.268 e. The summed E-state index contributed by atoms with van der Waals surface area (Å²) in [4.78, 5) is 12.4. The SMILES string of the molecule is CC(NC(=O)c1cc(Br)cn1C(C)C)C1CCOC1. The molecule has 2 heterocycles. The van der Waals surface area contributed by atoms with Crippen molar-refractivity contribution >= 4 is 21.8 Å². The molecule has 0 aliphatic carbocycles. The van der Waals surface area contributed by atoms with Gasteiger partial charge in [0.1, 0.15) is 5.69 Å². The number of rotatable bonds is 4. The van der Waals surface area contributed by atoms with Gasteiger partial charge in [-0.3, -0.25) is 4.79 Å². The van der Waals surface area contributed by atoms with Crippen LogP contribution in [-0.4, -0.2) is 29.7 Å². The fourth-order valence-corrected chi connectivity index (χ4v) is 2.84. The van der Waals surface area contributed by atoms with Crippen LogP contribution in [0.3, 0.4) is 0 Å². The summed E-state index contributed by atoms with van der Waals surface area (Å²) in [5.74, 6) is 0.411. The highest BCUT2D eigenvalue weighted by Gasteiger charge is 2.25. The van der Waals surface area contributed by atoms with E-state index in [4.69, 9.17) is 4.74 Å². The lowest BCUT2D eigenvalue weighted by molar-refractivity contribution is 0.0911. The number of halogens is 1. The summed E-state index contributed by atoms with van der Waals surface area (Å²) < 4.78 is 8.28. The van der Waals surface area contributed by atoms with Gasteiger partial charge in [-0.2, -0.15) is 0 Å². The zero-order valence-electron chi connectivity index (χ0n) is 11.6. The largest absolute Gasteiger partial charge is 0.381 e. The maximum absolute atomic E-state index is 12.4. The molecule has 1 aromatic heterocycles. The molecule has 2 atom stereocenters. The molecule has 1 aromatic rings. The highest BCUT2D eigenvalue weighted by molar-refractivity contribution is 9.10. The number of carbonyl (C=O) groups excluding carboxylic acids is 1. The standard InChI is InChI=1S/C14H21BrN2O2/c1-9(2)17-7-12(15)6-13(17)14(18)16-10(3)11-4-5-19-8-11/h6-7,9-11H,4-5,8H2,1-3H3,(H,16,18). The van der Waals surface area contributed by atoms with Crippen molar-refractivity contribution in [3.63, 3.8) is 0 Å². The first-order valence-corrected chi connectivity index (χ1v) is 7.54. The van der Waals surface area contributed by atoms with Gasteiger partial charge in [-0.05, 0) is 49.2 Å². The Hall–Kier alpha value is -0.810. The second-order valence-corrected chi connectivity index (χ2v) is 6.35. The van der Waals surface area contributed by atoms with Crippen LogP contribution >= 0.6 is 15.9 Å². The van der Waals surface area contributed by atoms with Crippen LogP contribution in [-0.2, 0) is 4.74 Å². The molecule has 2 unspecified atom stereocenters. The number of ether oxygens (including phenoxy) is 1. The van der Waals surface area contributed by atoms with E-state index in [-0.39, 0.29) is 18.0 Å². The van der Waals surface area contributed by atoms with Crippen molar-refractivity contribution in [2.75, 3.05) is 13.2 Å². The highest BCUT2D eigenvalue weighted by Crippen LogP contribution is 2.21. The van der Waals surface area contributed by atoms with Crippen LogP contribution in [0.4, 0.5) is 0 Å². The molecule has 5 heteroatoms. The van der Waals surface area contributed by atoms with Crippen LogP contribution < -0.4 is 5.32 Å². The van der Waals surface area contributed by atoms with Crippen LogP contribution in [0.2, 0.25) is 0 Å². The number of hydrogen-bond acceptors (Lipinski definition) is 2. The summed E-state index contributed by atoms with van der Waals surface area (Å²) in [5, 5.41) is 3.09. The van der Waals surface area contributed by atoms with Gasteiger partial charge in [0.25, 0.3) is 5.91 Å². The van der Waals surface area contributed by atoms with E-state index in [2.05, 4.69) is 42.0 Å². The van der Waals surface area contributed by atoms with E-state index in [1.165, 1.54) is 0 Å². The van der Waals surface area contributed by atoms with Crippen LogP contribution in [0.25, 0.3) is 0 Å². The number of nitrogens with one attached hydrogen (secondary N) is 1. The van der Waals surface area contributed by atoms with Crippen molar-refractivity contribution in [2.45, 2.75) is 39.3 Å². The van der Waals surface area contributed by atoms with Gasteiger partial charge >= 0.3 is 0 Å². The van der Waals surface area contributed by atoms with E-state index in [0.717, 1.165) is 24.1 Å². The van der Waals surface area contributed by atoms with Gasteiger partial charge in [0.2, 0.25) is 0 Å². The van der Waals surface area contributed by atoms with Gasteiger partial charge in [0.05, 0.1) is 6.61 Å². The summed E-state index contributed by atoms with van der Waals surface area (Å²) >= 11 is 3.43. The number of nitrogens with zero attached hydrogens (tertiary/aromatic N) is 1. The van der Waals surface area contributed by atoms with Gasteiger partial charge in [0, 0.05) is 35.3 Å². The third kappa shape index (κ3) is 3.39. The highest BCUT2D eigenvalue weighted by atomic mass is 79.9. The van der Waals surface area contributed by atoms with E-state index in [1.807, 2.05) is 16.8 Å². The summed E-state index contributed by atoms with van der Waals surface area (Å²) in [6, 6.07) is 2.27. The third-order valence-electron chi connectivity index (χ3n) is 3.63. The second kappa shape index (κ2) is 6.09. The molecule has 106 valence electrons. The molecule has 1 saturated heterocycles. The maximum Gasteiger partial charge on any atom is 0.268 e. The Morgan fingerprint density at radius 3 is 2.84 bits per heavy atom. The Balaban J connectivity index is 2.06. The zero-order chi connectivity index (χ0) is 14.0. The lowest BCUT2D eigenvalue weighted by atomic mass is 10.0. The summed E-state index contributed by atoms with van der Waals surface area (Å²) in [6.07, 6.45) is 2.97. The molecule has 2 rings (SSSR count). The molecule has 1 N–H and O–H groups in total. The molecular weight excluding hydrogens is 308 g/mol. The van der Waals surface area contributed by atoms with E-state index >= 15 is 0 Å². The monoisotopic (exact) mass is 328 g/mol. The number of aromatic nitrogens is 1. The van der Waals surface area contributed by atoms with E-state index in [0.29, 0.717) is 11.6 Å². The molecule has 0 aromatic carbocycles. The Morgan fingerprint density at radius 2 is 2.26 bits per heavy atom.